The van der Waals surface area contributed by atoms with Crippen molar-refractivity contribution in [2.75, 3.05) is 48.0 Å². The average Bonchev–Trinajstić information content (AvgIpc) is 3.39. The molecule has 2 aromatic rings. The van der Waals surface area contributed by atoms with Crippen LogP contribution in [-0.2, 0) is 23.9 Å². The van der Waals surface area contributed by atoms with Gasteiger partial charge in [0, 0.05) is 18.3 Å². The lowest BCUT2D eigenvalue weighted by Crippen LogP contribution is -2.49. The molecular formula is C21H19ClN4O7S. The molecule has 13 heteroatoms. The number of carbonyl (C=O) groups excluding carboxylic acids is 4. The van der Waals surface area contributed by atoms with Crippen molar-refractivity contribution >= 4 is 63.1 Å². The van der Waals surface area contributed by atoms with Gasteiger partial charge in [-0.25, -0.2) is 4.79 Å². The monoisotopic (exact) mass is 506 g/mol. The van der Waals surface area contributed by atoms with E-state index < -0.39 is 30.1 Å². The zero-order chi connectivity index (χ0) is 23.8. The van der Waals surface area contributed by atoms with Crippen LogP contribution in [0.25, 0.3) is 0 Å². The molecule has 2 saturated heterocycles. The zero-order valence-corrected chi connectivity index (χ0v) is 19.2. The molecule has 0 aliphatic carbocycles. The Labute approximate surface area is 202 Å². The van der Waals surface area contributed by atoms with E-state index in [1.165, 1.54) is 4.90 Å². The van der Waals surface area contributed by atoms with E-state index in [-0.39, 0.29) is 25.7 Å². The van der Waals surface area contributed by atoms with Crippen molar-refractivity contribution < 1.29 is 33.4 Å². The fourth-order valence-corrected chi connectivity index (χ4v) is 4.92. The van der Waals surface area contributed by atoms with Gasteiger partial charge in [0.15, 0.2) is 0 Å². The number of amides is 4. The van der Waals surface area contributed by atoms with Crippen LogP contribution in [0.4, 0.5) is 21.2 Å². The van der Waals surface area contributed by atoms with E-state index in [9.17, 15) is 19.2 Å². The molecule has 3 aliphatic rings. The van der Waals surface area contributed by atoms with Crippen molar-refractivity contribution in [3.8, 4) is 5.75 Å². The van der Waals surface area contributed by atoms with Crippen LogP contribution in [0.5, 0.6) is 5.75 Å². The summed E-state index contributed by atoms with van der Waals surface area (Å²) in [5, 5.41) is 5.39. The fourth-order valence-electron chi connectivity index (χ4n) is 3.98. The summed E-state index contributed by atoms with van der Waals surface area (Å²) in [5.74, 6) is -1.42. The molecule has 0 radical (unpaired) electrons. The van der Waals surface area contributed by atoms with Crippen LogP contribution in [0.15, 0.2) is 30.3 Å². The van der Waals surface area contributed by atoms with Crippen LogP contribution < -0.4 is 25.2 Å². The third-order valence-electron chi connectivity index (χ3n) is 5.60. The molecule has 1 aromatic heterocycles. The summed E-state index contributed by atoms with van der Waals surface area (Å²) in [6.07, 6.45) is -1.30. The summed E-state index contributed by atoms with van der Waals surface area (Å²) in [7, 11) is 0. The first kappa shape index (κ1) is 22.4. The number of nitrogens with one attached hydrogen (secondary N) is 2. The van der Waals surface area contributed by atoms with E-state index in [4.69, 9.17) is 25.8 Å². The maximum absolute atomic E-state index is 12.6. The molecule has 3 aliphatic heterocycles. The SMILES string of the molecule is O=C(NCC1OC(=O)N2c3ccc(N4CCOCC4=O)cc3OCC12)C(=O)Nc1ccc(Cl)s1. The Morgan fingerprint density at radius 3 is 2.79 bits per heavy atom. The van der Waals surface area contributed by atoms with Gasteiger partial charge in [-0.1, -0.05) is 11.6 Å². The van der Waals surface area contributed by atoms with Crippen LogP contribution in [0.3, 0.4) is 0 Å². The molecule has 1 aromatic carbocycles. The quantitative estimate of drug-likeness (QED) is 0.603. The van der Waals surface area contributed by atoms with Gasteiger partial charge < -0.3 is 29.7 Å². The molecule has 2 unspecified atom stereocenters. The number of cyclic esters (lactones) is 1. The summed E-state index contributed by atoms with van der Waals surface area (Å²) in [5.41, 5.74) is 1.16. The predicted molar refractivity (Wildman–Crippen MR) is 123 cm³/mol. The van der Waals surface area contributed by atoms with Crippen molar-refractivity contribution in [1.82, 2.24) is 5.32 Å². The first-order chi connectivity index (χ1) is 16.4. The molecular weight excluding hydrogens is 488 g/mol. The Balaban J connectivity index is 1.23. The van der Waals surface area contributed by atoms with Crippen molar-refractivity contribution in [2.24, 2.45) is 0 Å². The van der Waals surface area contributed by atoms with Gasteiger partial charge in [0.25, 0.3) is 5.91 Å². The molecule has 0 spiro atoms. The van der Waals surface area contributed by atoms with Crippen molar-refractivity contribution in [3.63, 3.8) is 0 Å². The Bertz CT molecular complexity index is 1170. The van der Waals surface area contributed by atoms with Crippen molar-refractivity contribution in [2.45, 2.75) is 12.1 Å². The lowest BCUT2D eigenvalue weighted by atomic mass is 10.1. The van der Waals surface area contributed by atoms with Crippen molar-refractivity contribution in [1.29, 1.82) is 0 Å². The fraction of sp³-hybridized carbons (Fsp3) is 0.333. The largest absolute Gasteiger partial charge is 0.489 e. The minimum Gasteiger partial charge on any atom is -0.489 e. The van der Waals surface area contributed by atoms with Gasteiger partial charge in [-0.2, -0.15) is 0 Å². The molecule has 5 rings (SSSR count). The number of anilines is 3. The van der Waals surface area contributed by atoms with E-state index in [0.29, 0.717) is 39.6 Å². The highest BCUT2D eigenvalue weighted by Gasteiger charge is 2.46. The van der Waals surface area contributed by atoms with Gasteiger partial charge >= 0.3 is 17.9 Å². The van der Waals surface area contributed by atoms with Crippen LogP contribution in [0.2, 0.25) is 4.34 Å². The number of ether oxygens (including phenoxy) is 3. The highest BCUT2D eigenvalue weighted by Crippen LogP contribution is 2.41. The Kier molecular flexibility index (Phi) is 6.02. The lowest BCUT2D eigenvalue weighted by molar-refractivity contribution is -0.136. The van der Waals surface area contributed by atoms with Crippen LogP contribution in [0.1, 0.15) is 0 Å². The van der Waals surface area contributed by atoms with Gasteiger partial charge in [-0.3, -0.25) is 19.3 Å². The molecule has 4 amide bonds. The second kappa shape index (κ2) is 9.12. The number of thiophene rings is 1. The van der Waals surface area contributed by atoms with Gasteiger partial charge in [0.1, 0.15) is 31.1 Å². The molecule has 0 bridgehead atoms. The second-order valence-corrected chi connectivity index (χ2v) is 9.40. The highest BCUT2D eigenvalue weighted by molar-refractivity contribution is 7.20. The minimum absolute atomic E-state index is 0.0188. The predicted octanol–water partition coefficient (Wildman–Crippen LogP) is 1.61. The third kappa shape index (κ3) is 4.27. The smallest absolute Gasteiger partial charge is 0.415 e. The normalized spacial score (nSPS) is 21.3. The van der Waals surface area contributed by atoms with E-state index in [2.05, 4.69) is 10.6 Å². The van der Waals surface area contributed by atoms with E-state index in [0.717, 1.165) is 11.3 Å². The summed E-state index contributed by atoms with van der Waals surface area (Å²) < 4.78 is 17.0. The summed E-state index contributed by atoms with van der Waals surface area (Å²) in [6.45, 7) is 0.950. The van der Waals surface area contributed by atoms with E-state index in [1.54, 1.807) is 35.2 Å². The first-order valence-electron chi connectivity index (χ1n) is 10.4. The lowest BCUT2D eigenvalue weighted by Gasteiger charge is -2.33. The van der Waals surface area contributed by atoms with Crippen LogP contribution in [-0.4, -0.2) is 68.9 Å². The molecule has 4 heterocycles. The molecule has 0 saturated carbocycles. The molecule has 2 atom stereocenters. The highest BCUT2D eigenvalue weighted by atomic mass is 35.5. The number of benzene rings is 1. The first-order valence-corrected chi connectivity index (χ1v) is 11.6. The standard InChI is InChI=1S/C21H19ClN4O7S/c22-16-3-4-17(34-16)24-20(29)19(28)23-8-15-13-9-32-14-7-11(25-5-6-31-10-18(25)27)1-2-12(14)26(13)21(30)33-15/h1-4,7,13,15H,5-6,8-10H2,(H,23,28)(H,24,29). The number of carbonyl (C=O) groups is 4. The van der Waals surface area contributed by atoms with E-state index in [1.807, 2.05) is 0 Å². The maximum atomic E-state index is 12.6. The summed E-state index contributed by atoms with van der Waals surface area (Å²) in [6, 6.07) is 7.84. The molecule has 2 N–H and O–H groups in total. The molecule has 11 nitrogen and oxygen atoms in total. The zero-order valence-electron chi connectivity index (χ0n) is 17.6. The average molecular weight is 507 g/mol. The van der Waals surface area contributed by atoms with Gasteiger partial charge in [0.05, 0.1) is 28.2 Å². The second-order valence-electron chi connectivity index (χ2n) is 7.69. The number of morpholine rings is 1. The molecule has 34 heavy (non-hydrogen) atoms. The number of rotatable bonds is 4. The van der Waals surface area contributed by atoms with E-state index >= 15 is 0 Å². The van der Waals surface area contributed by atoms with Crippen molar-refractivity contribution in [3.05, 3.63) is 34.7 Å². The minimum atomic E-state index is -0.865. The summed E-state index contributed by atoms with van der Waals surface area (Å²) >= 11 is 6.95. The van der Waals surface area contributed by atoms with Crippen LogP contribution >= 0.6 is 22.9 Å². The number of hydrogen-bond acceptors (Lipinski definition) is 8. The Hall–Kier alpha value is -3.35. The number of halogens is 1. The van der Waals surface area contributed by atoms with Crippen LogP contribution in [0, 0.1) is 0 Å². The third-order valence-corrected chi connectivity index (χ3v) is 6.75. The molecule has 2 fully saturated rings. The van der Waals surface area contributed by atoms with Gasteiger partial charge in [-0.05, 0) is 24.3 Å². The Morgan fingerprint density at radius 1 is 1.18 bits per heavy atom. The number of nitrogens with zero attached hydrogens (tertiary/aromatic N) is 2. The maximum Gasteiger partial charge on any atom is 0.415 e. The molecule has 178 valence electrons. The number of hydrogen-bond donors (Lipinski definition) is 2. The summed E-state index contributed by atoms with van der Waals surface area (Å²) in [4.78, 5) is 52.1. The Morgan fingerprint density at radius 2 is 2.03 bits per heavy atom. The van der Waals surface area contributed by atoms with Gasteiger partial charge in [-0.15, -0.1) is 11.3 Å². The number of fused-ring (bicyclic) bond motifs is 3. The topological polar surface area (TPSA) is 127 Å². The van der Waals surface area contributed by atoms with Gasteiger partial charge in [0.2, 0.25) is 0 Å².